The highest BCUT2D eigenvalue weighted by Gasteiger charge is 2.41. The third-order valence-corrected chi connectivity index (χ3v) is 7.01. The molecule has 4 aromatic carbocycles. The van der Waals surface area contributed by atoms with Crippen LogP contribution in [0.15, 0.2) is 59.5 Å². The van der Waals surface area contributed by atoms with Gasteiger partial charge in [0.1, 0.15) is 40.4 Å². The summed E-state index contributed by atoms with van der Waals surface area (Å²) in [6.07, 6.45) is -7.83. The summed E-state index contributed by atoms with van der Waals surface area (Å²) >= 11 is 1.39. The maximum Gasteiger partial charge on any atom is 0.458 e. The van der Waals surface area contributed by atoms with E-state index in [1.165, 1.54) is 35.9 Å². The Morgan fingerprint density at radius 1 is 0.786 bits per heavy atom. The van der Waals surface area contributed by atoms with Gasteiger partial charge in [-0.1, -0.05) is 25.3 Å². The molecule has 0 bridgehead atoms. The molecule has 0 atom stereocenters. The fourth-order valence-corrected chi connectivity index (χ4v) is 5.00. The summed E-state index contributed by atoms with van der Waals surface area (Å²) in [6, 6.07) is 7.83. The Balaban J connectivity index is 1.63. The number of benzene rings is 4. The third kappa shape index (κ3) is 6.95. The van der Waals surface area contributed by atoms with E-state index in [4.69, 9.17) is 0 Å². The zero-order valence-corrected chi connectivity index (χ0v) is 22.2. The van der Waals surface area contributed by atoms with Crippen molar-refractivity contribution in [2.45, 2.75) is 36.9 Å². The van der Waals surface area contributed by atoms with E-state index in [9.17, 15) is 43.9 Å². The Kier molecular flexibility index (Phi) is 9.01. The molecule has 0 spiro atoms. The fourth-order valence-electron chi connectivity index (χ4n) is 3.98. The summed E-state index contributed by atoms with van der Waals surface area (Å²) in [5, 5.41) is -0.879. The lowest BCUT2D eigenvalue weighted by atomic mass is 10.0. The number of unbranched alkanes of at least 4 members (excludes halogenated alkanes) is 1. The van der Waals surface area contributed by atoms with Gasteiger partial charge in [0.15, 0.2) is 0 Å². The number of alkyl halides is 5. The van der Waals surface area contributed by atoms with Crippen LogP contribution in [0.5, 0.6) is 5.75 Å². The van der Waals surface area contributed by atoms with Crippen molar-refractivity contribution in [3.05, 3.63) is 94.8 Å². The van der Waals surface area contributed by atoms with E-state index in [-0.39, 0.29) is 11.1 Å². The van der Waals surface area contributed by atoms with Crippen molar-refractivity contribution in [2.75, 3.05) is 5.75 Å². The lowest BCUT2D eigenvalue weighted by Gasteiger charge is -2.20. The minimum absolute atomic E-state index is 0.221. The van der Waals surface area contributed by atoms with E-state index in [1.54, 1.807) is 0 Å². The van der Waals surface area contributed by atoms with Gasteiger partial charge in [0.25, 0.3) is 0 Å². The highest BCUT2D eigenvalue weighted by atomic mass is 32.2. The first-order chi connectivity index (χ1) is 19.7. The summed E-state index contributed by atoms with van der Waals surface area (Å²) in [4.78, 5) is 0.586. The third-order valence-electron chi connectivity index (χ3n) is 5.93. The Morgan fingerprint density at radius 2 is 1.48 bits per heavy atom. The largest absolute Gasteiger partial charge is 0.458 e. The van der Waals surface area contributed by atoms with E-state index >= 15 is 0 Å². The molecule has 0 aliphatic carbocycles. The van der Waals surface area contributed by atoms with Crippen molar-refractivity contribution in [3.63, 3.8) is 0 Å². The molecule has 0 N–H and O–H groups in total. The van der Waals surface area contributed by atoms with Crippen molar-refractivity contribution >= 4 is 22.5 Å². The van der Waals surface area contributed by atoms with Crippen LogP contribution in [0.3, 0.4) is 0 Å². The fraction of sp³-hybridized carbons (Fsp3) is 0.200. The number of ether oxygens (including phenoxy) is 1. The van der Waals surface area contributed by atoms with Crippen molar-refractivity contribution in [3.8, 4) is 28.7 Å². The van der Waals surface area contributed by atoms with Gasteiger partial charge in [0.05, 0.1) is 5.56 Å². The number of hydrogen-bond donors (Lipinski definition) is 0. The molecule has 0 aromatic heterocycles. The predicted octanol–water partition coefficient (Wildman–Crippen LogP) is 10.1. The van der Waals surface area contributed by atoms with Gasteiger partial charge in [-0.3, -0.25) is 0 Å². The average molecular weight is 617 g/mol. The number of thioether (sulfide) groups is 1. The minimum Gasteiger partial charge on any atom is -0.429 e. The zero-order chi connectivity index (χ0) is 30.8. The molecular formula is C30H18F10OS. The molecule has 0 radical (unpaired) electrons. The first-order valence-electron chi connectivity index (χ1n) is 12.2. The second-order valence-corrected chi connectivity index (χ2v) is 10.1. The summed E-state index contributed by atoms with van der Waals surface area (Å²) in [5.74, 6) is -5.24. The van der Waals surface area contributed by atoms with Crippen molar-refractivity contribution in [1.82, 2.24) is 0 Å². The van der Waals surface area contributed by atoms with Crippen LogP contribution in [-0.4, -0.2) is 11.9 Å². The van der Waals surface area contributed by atoms with E-state index < -0.39 is 69.0 Å². The van der Waals surface area contributed by atoms with E-state index in [0.717, 1.165) is 36.6 Å². The Hall–Kier alpha value is -3.85. The van der Waals surface area contributed by atoms with Crippen LogP contribution in [0.25, 0.3) is 21.9 Å². The molecule has 0 unspecified atom stereocenters. The van der Waals surface area contributed by atoms with E-state index in [1.807, 2.05) is 6.92 Å². The number of hydrogen-bond acceptors (Lipinski definition) is 2. The van der Waals surface area contributed by atoms with Crippen molar-refractivity contribution < 1.29 is 48.6 Å². The normalized spacial score (nSPS) is 11.9. The van der Waals surface area contributed by atoms with Crippen LogP contribution in [-0.2, 0) is 6.11 Å². The maximum atomic E-state index is 15.0. The second-order valence-electron chi connectivity index (χ2n) is 8.96. The molecule has 0 saturated carbocycles. The Bertz CT molecular complexity index is 1680. The molecule has 12 heteroatoms. The van der Waals surface area contributed by atoms with Gasteiger partial charge in [0.2, 0.25) is 0 Å². The summed E-state index contributed by atoms with van der Waals surface area (Å²) in [5.41, 5.74) is -3.55. The average Bonchev–Trinajstić information content (AvgIpc) is 2.87. The molecule has 0 heterocycles. The highest BCUT2D eigenvalue weighted by molar-refractivity contribution is 7.99. The van der Waals surface area contributed by atoms with Gasteiger partial charge in [0, 0.05) is 21.8 Å². The molecule has 220 valence electrons. The van der Waals surface area contributed by atoms with Crippen LogP contribution >= 0.6 is 11.8 Å². The van der Waals surface area contributed by atoms with Gasteiger partial charge >= 0.3 is 12.3 Å². The minimum atomic E-state index is -5.02. The smallest absolute Gasteiger partial charge is 0.429 e. The van der Waals surface area contributed by atoms with E-state index in [2.05, 4.69) is 4.74 Å². The van der Waals surface area contributed by atoms with Crippen LogP contribution < -0.4 is 4.74 Å². The van der Waals surface area contributed by atoms with Gasteiger partial charge in [-0.05, 0) is 71.7 Å². The topological polar surface area (TPSA) is 9.23 Å². The molecule has 4 aromatic rings. The highest BCUT2D eigenvalue weighted by Crippen LogP contribution is 2.39. The summed E-state index contributed by atoms with van der Waals surface area (Å²) in [7, 11) is 0. The van der Waals surface area contributed by atoms with Crippen LogP contribution in [0, 0.1) is 40.9 Å². The molecule has 0 amide bonds. The molecule has 0 aliphatic rings. The lowest BCUT2D eigenvalue weighted by molar-refractivity contribution is -0.189. The second kappa shape index (κ2) is 12.2. The molecule has 0 aliphatic heterocycles. The monoisotopic (exact) mass is 616 g/mol. The molecule has 1 nitrogen and oxygen atoms in total. The number of fused-ring (bicyclic) bond motifs is 1. The predicted molar refractivity (Wildman–Crippen MR) is 139 cm³/mol. The molecular weight excluding hydrogens is 598 g/mol. The van der Waals surface area contributed by atoms with Gasteiger partial charge in [-0.15, -0.1) is 11.8 Å². The molecule has 4 rings (SSSR count). The Morgan fingerprint density at radius 3 is 2.10 bits per heavy atom. The number of halogens is 10. The Labute approximate surface area is 237 Å². The van der Waals surface area contributed by atoms with Crippen LogP contribution in [0.2, 0.25) is 0 Å². The van der Waals surface area contributed by atoms with Gasteiger partial charge < -0.3 is 4.74 Å². The van der Waals surface area contributed by atoms with Gasteiger partial charge in [-0.25, -0.2) is 22.0 Å². The number of rotatable bonds is 8. The standard InChI is InChI=1S/C30H18F10OS/c1-2-3-10-42-19-5-7-20(24(32)15-19)17-13-25(33)27(26(34)14-17)30(39,40)41-18-4-6-21-16(11-18)12-23(31)22(28(21)35)8-9-29(36,37)38/h4-7,11-15H,2-3,10H2,1H3. The molecule has 42 heavy (non-hydrogen) atoms. The maximum absolute atomic E-state index is 15.0. The molecule has 0 saturated heterocycles. The first kappa shape index (κ1) is 31.1. The van der Waals surface area contributed by atoms with Crippen LogP contribution in [0.4, 0.5) is 43.9 Å². The summed E-state index contributed by atoms with van der Waals surface area (Å²) < 4.78 is 145. The SMILES string of the molecule is CCCCSc1ccc(-c2cc(F)c(C(F)(F)Oc3ccc4c(F)c(C#CC(F)(F)F)c(F)cc4c3)c(F)c2)c(F)c1. The first-order valence-corrected chi connectivity index (χ1v) is 13.2. The van der Waals surface area contributed by atoms with Crippen molar-refractivity contribution in [1.29, 1.82) is 0 Å². The van der Waals surface area contributed by atoms with Crippen LogP contribution in [0.1, 0.15) is 30.9 Å². The van der Waals surface area contributed by atoms with E-state index in [0.29, 0.717) is 29.2 Å². The molecule has 0 fully saturated rings. The lowest BCUT2D eigenvalue weighted by Crippen LogP contribution is -2.25. The quantitative estimate of drug-likeness (QED) is 0.0844. The van der Waals surface area contributed by atoms with Gasteiger partial charge in [-0.2, -0.15) is 22.0 Å². The summed E-state index contributed by atoms with van der Waals surface area (Å²) in [6.45, 7) is 1.99. The zero-order valence-electron chi connectivity index (χ0n) is 21.4. The van der Waals surface area contributed by atoms with Crippen molar-refractivity contribution in [2.24, 2.45) is 0 Å².